The smallest absolute Gasteiger partial charge is 0.251 e. The van der Waals surface area contributed by atoms with Crippen molar-refractivity contribution in [3.63, 3.8) is 0 Å². The van der Waals surface area contributed by atoms with E-state index in [0.717, 1.165) is 11.1 Å². The van der Waals surface area contributed by atoms with Gasteiger partial charge in [-0.3, -0.25) is 4.79 Å². The second-order valence-electron chi connectivity index (χ2n) is 6.78. The Morgan fingerprint density at radius 3 is 2.40 bits per heavy atom. The van der Waals surface area contributed by atoms with Gasteiger partial charge in [-0.15, -0.1) is 0 Å². The van der Waals surface area contributed by atoms with E-state index in [-0.39, 0.29) is 29.0 Å². The maximum absolute atomic E-state index is 12.7. The molecule has 0 unspecified atom stereocenters. The van der Waals surface area contributed by atoms with Gasteiger partial charge in [0.25, 0.3) is 5.91 Å². The minimum absolute atomic E-state index is 0.0380. The third-order valence-corrected chi connectivity index (χ3v) is 6.07. The second kappa shape index (κ2) is 9.56. The summed E-state index contributed by atoms with van der Waals surface area (Å²) in [7, 11) is -2.18. The van der Waals surface area contributed by atoms with Gasteiger partial charge in [-0.05, 0) is 36.8 Å². The molecular formula is C23H24N2O4S. The lowest BCUT2D eigenvalue weighted by atomic mass is 10.1. The number of carbonyl (C=O) groups is 1. The maximum atomic E-state index is 12.7. The number of para-hydroxylation sites is 1. The summed E-state index contributed by atoms with van der Waals surface area (Å²) in [5.41, 5.74) is 1.95. The quantitative estimate of drug-likeness (QED) is 0.578. The number of methoxy groups -OCH3 is 1. The molecule has 0 aliphatic carbocycles. The highest BCUT2D eigenvalue weighted by molar-refractivity contribution is 7.89. The second-order valence-corrected chi connectivity index (χ2v) is 8.54. The van der Waals surface area contributed by atoms with Crippen molar-refractivity contribution in [2.75, 3.05) is 7.11 Å². The zero-order chi connectivity index (χ0) is 21.6. The summed E-state index contributed by atoms with van der Waals surface area (Å²) >= 11 is 0. The first-order valence-corrected chi connectivity index (χ1v) is 11.0. The van der Waals surface area contributed by atoms with Gasteiger partial charge in [-0.1, -0.05) is 54.6 Å². The number of hydrogen-bond acceptors (Lipinski definition) is 4. The topological polar surface area (TPSA) is 84.5 Å². The molecule has 0 spiro atoms. The van der Waals surface area contributed by atoms with Crippen LogP contribution < -0.4 is 14.8 Å². The molecule has 6 nitrogen and oxygen atoms in total. The Morgan fingerprint density at radius 2 is 1.67 bits per heavy atom. The number of nitrogens with one attached hydrogen (secondary N) is 2. The van der Waals surface area contributed by atoms with Gasteiger partial charge in [-0.25, -0.2) is 13.1 Å². The minimum atomic E-state index is -3.76. The van der Waals surface area contributed by atoms with Gasteiger partial charge in [0.1, 0.15) is 5.75 Å². The molecular weight excluding hydrogens is 400 g/mol. The molecule has 0 aromatic heterocycles. The van der Waals surface area contributed by atoms with Crippen LogP contribution in [0, 0.1) is 0 Å². The molecule has 1 atom stereocenters. The van der Waals surface area contributed by atoms with Gasteiger partial charge in [0.15, 0.2) is 0 Å². The number of benzene rings is 3. The van der Waals surface area contributed by atoms with E-state index in [1.807, 2.05) is 61.5 Å². The lowest BCUT2D eigenvalue weighted by molar-refractivity contribution is 0.0939. The SMILES string of the molecule is COc1ccccc1[C@H](C)NC(=O)c1cccc(S(=O)(=O)NCc2ccccc2)c1. The predicted molar refractivity (Wildman–Crippen MR) is 116 cm³/mol. The Hall–Kier alpha value is -3.16. The van der Waals surface area contributed by atoms with Crippen LogP contribution in [-0.2, 0) is 16.6 Å². The van der Waals surface area contributed by atoms with Crippen molar-refractivity contribution in [3.8, 4) is 5.75 Å². The largest absolute Gasteiger partial charge is 0.496 e. The zero-order valence-electron chi connectivity index (χ0n) is 16.8. The molecule has 0 bridgehead atoms. The molecule has 3 rings (SSSR count). The summed E-state index contributed by atoms with van der Waals surface area (Å²) < 4.78 is 33.2. The van der Waals surface area contributed by atoms with E-state index < -0.39 is 10.0 Å². The van der Waals surface area contributed by atoms with E-state index in [0.29, 0.717) is 5.75 Å². The van der Waals surface area contributed by atoms with Crippen LogP contribution in [0.4, 0.5) is 0 Å². The highest BCUT2D eigenvalue weighted by atomic mass is 32.2. The van der Waals surface area contributed by atoms with Crippen LogP contribution in [-0.4, -0.2) is 21.4 Å². The third kappa shape index (κ3) is 5.25. The zero-order valence-corrected chi connectivity index (χ0v) is 17.6. The van der Waals surface area contributed by atoms with E-state index in [4.69, 9.17) is 4.74 Å². The van der Waals surface area contributed by atoms with Crippen molar-refractivity contribution >= 4 is 15.9 Å². The average Bonchev–Trinajstić information content (AvgIpc) is 2.78. The van der Waals surface area contributed by atoms with Crippen molar-refractivity contribution in [1.82, 2.24) is 10.0 Å². The van der Waals surface area contributed by atoms with Crippen molar-refractivity contribution in [2.45, 2.75) is 24.4 Å². The van der Waals surface area contributed by atoms with E-state index in [1.165, 1.54) is 12.1 Å². The molecule has 7 heteroatoms. The number of amides is 1. The van der Waals surface area contributed by atoms with E-state index in [2.05, 4.69) is 10.0 Å². The van der Waals surface area contributed by atoms with Crippen LogP contribution in [0.15, 0.2) is 83.8 Å². The first-order valence-electron chi connectivity index (χ1n) is 9.48. The number of hydrogen-bond donors (Lipinski definition) is 2. The molecule has 156 valence electrons. The van der Waals surface area contributed by atoms with Crippen molar-refractivity contribution in [3.05, 3.63) is 95.6 Å². The molecule has 0 radical (unpaired) electrons. The first-order chi connectivity index (χ1) is 14.4. The van der Waals surface area contributed by atoms with Gasteiger partial charge in [0.2, 0.25) is 10.0 Å². The Balaban J connectivity index is 1.73. The number of sulfonamides is 1. The molecule has 3 aromatic rings. The fourth-order valence-electron chi connectivity index (χ4n) is 3.04. The molecule has 30 heavy (non-hydrogen) atoms. The van der Waals surface area contributed by atoms with E-state index >= 15 is 0 Å². The summed E-state index contributed by atoms with van der Waals surface area (Å²) in [6, 6.07) is 22.3. The monoisotopic (exact) mass is 424 g/mol. The molecule has 0 aliphatic heterocycles. The highest BCUT2D eigenvalue weighted by Gasteiger charge is 2.18. The average molecular weight is 425 g/mol. The van der Waals surface area contributed by atoms with Crippen LogP contribution >= 0.6 is 0 Å². The molecule has 0 saturated heterocycles. The summed E-state index contributed by atoms with van der Waals surface area (Å²) in [5, 5.41) is 2.89. The summed E-state index contributed by atoms with van der Waals surface area (Å²) in [6.07, 6.45) is 0. The highest BCUT2D eigenvalue weighted by Crippen LogP contribution is 2.24. The lowest BCUT2D eigenvalue weighted by Gasteiger charge is -2.17. The van der Waals surface area contributed by atoms with Crippen molar-refractivity contribution in [1.29, 1.82) is 0 Å². The Morgan fingerprint density at radius 1 is 0.967 bits per heavy atom. The van der Waals surface area contributed by atoms with Crippen molar-refractivity contribution in [2.24, 2.45) is 0 Å². The minimum Gasteiger partial charge on any atom is -0.496 e. The molecule has 0 saturated carbocycles. The maximum Gasteiger partial charge on any atom is 0.251 e. The van der Waals surface area contributed by atoms with Crippen LogP contribution in [0.3, 0.4) is 0 Å². The number of carbonyl (C=O) groups excluding carboxylic acids is 1. The molecule has 0 heterocycles. The molecule has 3 aromatic carbocycles. The van der Waals surface area contributed by atoms with Crippen LogP contribution in [0.5, 0.6) is 5.75 Å². The van der Waals surface area contributed by atoms with E-state index in [9.17, 15) is 13.2 Å². The van der Waals surface area contributed by atoms with E-state index in [1.54, 1.807) is 19.2 Å². The van der Waals surface area contributed by atoms with Gasteiger partial charge in [0.05, 0.1) is 18.0 Å². The summed E-state index contributed by atoms with van der Waals surface area (Å²) in [4.78, 5) is 12.8. The van der Waals surface area contributed by atoms with Crippen LogP contribution in [0.2, 0.25) is 0 Å². The fourth-order valence-corrected chi connectivity index (χ4v) is 4.11. The number of rotatable bonds is 8. The molecule has 1 amide bonds. The summed E-state index contributed by atoms with van der Waals surface area (Å²) in [6.45, 7) is 2.02. The van der Waals surface area contributed by atoms with Crippen LogP contribution in [0.1, 0.15) is 34.5 Å². The molecule has 0 fully saturated rings. The van der Waals surface area contributed by atoms with Gasteiger partial charge in [-0.2, -0.15) is 0 Å². The molecule has 0 aliphatic rings. The fraction of sp³-hybridized carbons (Fsp3) is 0.174. The Kier molecular flexibility index (Phi) is 6.87. The molecule has 2 N–H and O–H groups in total. The van der Waals surface area contributed by atoms with Crippen LogP contribution in [0.25, 0.3) is 0 Å². The standard InChI is InChI=1S/C23H24N2O4S/c1-17(21-13-6-7-14-22(21)29-2)25-23(26)19-11-8-12-20(15-19)30(27,28)24-16-18-9-4-3-5-10-18/h3-15,17,24H,16H2,1-2H3,(H,25,26)/t17-/m0/s1. The predicted octanol–water partition coefficient (Wildman–Crippen LogP) is 3.66. The van der Waals surface area contributed by atoms with Gasteiger partial charge < -0.3 is 10.1 Å². The first kappa shape index (κ1) is 21.5. The van der Waals surface area contributed by atoms with Gasteiger partial charge in [0, 0.05) is 17.7 Å². The Bertz CT molecular complexity index is 1110. The Labute approximate surface area is 177 Å². The summed E-state index contributed by atoms with van der Waals surface area (Å²) in [5.74, 6) is 0.306. The normalized spacial score (nSPS) is 12.2. The van der Waals surface area contributed by atoms with Gasteiger partial charge >= 0.3 is 0 Å². The number of ether oxygens (including phenoxy) is 1. The lowest BCUT2D eigenvalue weighted by Crippen LogP contribution is -2.28. The van der Waals surface area contributed by atoms with Crippen molar-refractivity contribution < 1.29 is 17.9 Å². The third-order valence-electron chi connectivity index (χ3n) is 4.67.